The molecule has 1 aliphatic rings. The van der Waals surface area contributed by atoms with E-state index in [9.17, 15) is 4.79 Å². The molecule has 3 rings (SSSR count). The van der Waals surface area contributed by atoms with Crippen molar-refractivity contribution in [3.8, 4) is 0 Å². The van der Waals surface area contributed by atoms with Crippen molar-refractivity contribution in [2.75, 3.05) is 4.90 Å². The standard InChI is InChI=1S/C20H23N5O/c1-13(16-11-21-15(3)22-12-16)7-8-17-14(2)25(19(26)20(17,4)5)18-9-10-23-24(18)6/h7-12H,1H2,2-6H3/b8-7-. The molecule has 0 fully saturated rings. The zero-order chi connectivity index (χ0) is 19.1. The van der Waals surface area contributed by atoms with Gasteiger partial charge in [-0.05, 0) is 38.8 Å². The van der Waals surface area contributed by atoms with Crippen LogP contribution in [0.3, 0.4) is 0 Å². The lowest BCUT2D eigenvalue weighted by Gasteiger charge is -2.22. The molecule has 3 heterocycles. The molecule has 6 heteroatoms. The zero-order valence-corrected chi connectivity index (χ0v) is 15.8. The third-order valence-corrected chi connectivity index (χ3v) is 4.76. The van der Waals surface area contributed by atoms with Crippen molar-refractivity contribution in [2.45, 2.75) is 27.7 Å². The molecule has 0 aromatic carbocycles. The average molecular weight is 349 g/mol. The Morgan fingerprint density at radius 1 is 1.23 bits per heavy atom. The molecule has 1 aliphatic heterocycles. The van der Waals surface area contributed by atoms with Crippen LogP contribution in [0, 0.1) is 12.3 Å². The second-order valence-corrected chi connectivity index (χ2v) is 6.96. The van der Waals surface area contributed by atoms with Gasteiger partial charge in [0, 0.05) is 36.8 Å². The van der Waals surface area contributed by atoms with E-state index in [0.717, 1.165) is 34.0 Å². The molecule has 1 amide bonds. The fourth-order valence-corrected chi connectivity index (χ4v) is 3.15. The fourth-order valence-electron chi connectivity index (χ4n) is 3.15. The number of carbonyl (C=O) groups excluding carboxylic acids is 1. The number of hydrogen-bond donors (Lipinski definition) is 0. The number of nitrogens with zero attached hydrogens (tertiary/aromatic N) is 5. The van der Waals surface area contributed by atoms with Gasteiger partial charge in [-0.2, -0.15) is 5.10 Å². The molecule has 0 N–H and O–H groups in total. The lowest BCUT2D eigenvalue weighted by atomic mass is 9.84. The summed E-state index contributed by atoms with van der Waals surface area (Å²) in [6.07, 6.45) is 9.07. The quantitative estimate of drug-likeness (QED) is 0.793. The second-order valence-electron chi connectivity index (χ2n) is 6.96. The van der Waals surface area contributed by atoms with E-state index in [1.165, 1.54) is 0 Å². The molecule has 0 unspecified atom stereocenters. The first-order chi connectivity index (χ1) is 12.2. The Labute approximate surface area is 153 Å². The van der Waals surface area contributed by atoms with Crippen LogP contribution in [0.4, 0.5) is 5.82 Å². The summed E-state index contributed by atoms with van der Waals surface area (Å²) in [4.78, 5) is 23.1. The van der Waals surface area contributed by atoms with Crippen LogP contribution in [0.2, 0.25) is 0 Å². The minimum absolute atomic E-state index is 0.0301. The molecule has 0 aliphatic carbocycles. The van der Waals surface area contributed by atoms with E-state index in [4.69, 9.17) is 0 Å². The van der Waals surface area contributed by atoms with Gasteiger partial charge >= 0.3 is 0 Å². The van der Waals surface area contributed by atoms with E-state index in [1.54, 1.807) is 28.2 Å². The number of allylic oxidation sites excluding steroid dienone is 4. The zero-order valence-electron chi connectivity index (χ0n) is 15.8. The molecular formula is C20H23N5O. The van der Waals surface area contributed by atoms with Gasteiger partial charge in [-0.3, -0.25) is 14.4 Å². The van der Waals surface area contributed by atoms with Gasteiger partial charge in [0.15, 0.2) is 0 Å². The molecule has 26 heavy (non-hydrogen) atoms. The SMILES string of the molecule is C=C(/C=C\C1=C(C)N(c2ccnn2C)C(=O)C1(C)C)c1cnc(C)nc1. The Morgan fingerprint density at radius 2 is 1.88 bits per heavy atom. The van der Waals surface area contributed by atoms with Crippen LogP contribution in [0.15, 0.2) is 54.7 Å². The van der Waals surface area contributed by atoms with Crippen LogP contribution >= 0.6 is 0 Å². The minimum Gasteiger partial charge on any atom is -0.273 e. The molecule has 2 aromatic rings. The van der Waals surface area contributed by atoms with Gasteiger partial charge in [0.25, 0.3) is 0 Å². The lowest BCUT2D eigenvalue weighted by Crippen LogP contribution is -2.34. The molecular weight excluding hydrogens is 326 g/mol. The third-order valence-electron chi connectivity index (χ3n) is 4.76. The molecule has 134 valence electrons. The number of hydrogen-bond acceptors (Lipinski definition) is 4. The molecule has 0 saturated heterocycles. The Morgan fingerprint density at radius 3 is 2.46 bits per heavy atom. The Balaban J connectivity index is 1.95. The number of carbonyl (C=O) groups is 1. The van der Waals surface area contributed by atoms with E-state index >= 15 is 0 Å². The van der Waals surface area contributed by atoms with Crippen LogP contribution in [-0.2, 0) is 11.8 Å². The smallest absolute Gasteiger partial charge is 0.242 e. The maximum atomic E-state index is 13.0. The molecule has 0 bridgehead atoms. The van der Waals surface area contributed by atoms with Crippen molar-refractivity contribution >= 4 is 17.3 Å². The first-order valence-electron chi connectivity index (χ1n) is 8.43. The number of aryl methyl sites for hydroxylation is 2. The maximum absolute atomic E-state index is 13.0. The van der Waals surface area contributed by atoms with Crippen molar-refractivity contribution in [3.63, 3.8) is 0 Å². The topological polar surface area (TPSA) is 63.9 Å². The molecule has 0 radical (unpaired) electrons. The summed E-state index contributed by atoms with van der Waals surface area (Å²) in [5.74, 6) is 1.51. The van der Waals surface area contributed by atoms with Crippen LogP contribution in [0.5, 0.6) is 0 Å². The van der Waals surface area contributed by atoms with E-state index in [1.807, 2.05) is 53.0 Å². The monoisotopic (exact) mass is 349 g/mol. The van der Waals surface area contributed by atoms with Crippen LogP contribution in [-0.4, -0.2) is 25.7 Å². The van der Waals surface area contributed by atoms with Crippen molar-refractivity contribution in [3.05, 3.63) is 66.0 Å². The predicted molar refractivity (Wildman–Crippen MR) is 102 cm³/mol. The summed E-state index contributed by atoms with van der Waals surface area (Å²) >= 11 is 0. The number of amides is 1. The normalized spacial score (nSPS) is 16.8. The third kappa shape index (κ3) is 2.87. The highest BCUT2D eigenvalue weighted by atomic mass is 16.2. The van der Waals surface area contributed by atoms with Crippen molar-refractivity contribution in [1.82, 2.24) is 19.7 Å². The number of anilines is 1. The Hall–Kier alpha value is -3.02. The predicted octanol–water partition coefficient (Wildman–Crippen LogP) is 3.43. The Kier molecular flexibility index (Phi) is 4.36. The van der Waals surface area contributed by atoms with Crippen LogP contribution in [0.25, 0.3) is 5.57 Å². The number of rotatable bonds is 4. The summed E-state index contributed by atoms with van der Waals surface area (Å²) in [5, 5.41) is 4.18. The molecule has 0 spiro atoms. The van der Waals surface area contributed by atoms with Gasteiger partial charge in [-0.1, -0.05) is 18.7 Å². The lowest BCUT2D eigenvalue weighted by molar-refractivity contribution is -0.123. The van der Waals surface area contributed by atoms with Crippen molar-refractivity contribution in [1.29, 1.82) is 0 Å². The molecule has 6 nitrogen and oxygen atoms in total. The van der Waals surface area contributed by atoms with E-state index in [0.29, 0.717) is 0 Å². The fraction of sp³-hybridized carbons (Fsp3) is 0.300. The van der Waals surface area contributed by atoms with Gasteiger partial charge in [-0.25, -0.2) is 9.97 Å². The average Bonchev–Trinajstić information content (AvgIpc) is 3.07. The Bertz CT molecular complexity index is 931. The summed E-state index contributed by atoms with van der Waals surface area (Å²) < 4.78 is 1.70. The van der Waals surface area contributed by atoms with Gasteiger partial charge in [-0.15, -0.1) is 0 Å². The first-order valence-corrected chi connectivity index (χ1v) is 8.43. The van der Waals surface area contributed by atoms with Gasteiger partial charge in [0.2, 0.25) is 5.91 Å². The summed E-state index contributed by atoms with van der Waals surface area (Å²) in [7, 11) is 1.83. The van der Waals surface area contributed by atoms with Crippen molar-refractivity contribution < 1.29 is 4.79 Å². The van der Waals surface area contributed by atoms with Crippen molar-refractivity contribution in [2.24, 2.45) is 12.5 Å². The summed E-state index contributed by atoms with van der Waals surface area (Å²) in [5.41, 5.74) is 2.88. The van der Waals surface area contributed by atoms with Crippen LogP contribution in [0.1, 0.15) is 32.2 Å². The van der Waals surface area contributed by atoms with Gasteiger partial charge < -0.3 is 0 Å². The van der Waals surface area contributed by atoms with Crippen LogP contribution < -0.4 is 4.90 Å². The van der Waals surface area contributed by atoms with E-state index in [2.05, 4.69) is 21.6 Å². The molecule has 0 saturated carbocycles. The largest absolute Gasteiger partial charge is 0.273 e. The number of aromatic nitrogens is 4. The second kappa shape index (κ2) is 6.37. The van der Waals surface area contributed by atoms with Gasteiger partial charge in [0.1, 0.15) is 11.6 Å². The summed E-state index contributed by atoms with van der Waals surface area (Å²) in [6.45, 7) is 11.8. The highest BCUT2D eigenvalue weighted by molar-refractivity contribution is 6.05. The molecule has 0 atom stereocenters. The molecule has 2 aromatic heterocycles. The minimum atomic E-state index is -0.630. The van der Waals surface area contributed by atoms with E-state index < -0.39 is 5.41 Å². The first kappa shape index (κ1) is 17.8. The van der Waals surface area contributed by atoms with E-state index in [-0.39, 0.29) is 5.91 Å². The highest BCUT2D eigenvalue weighted by Crippen LogP contribution is 2.42. The maximum Gasteiger partial charge on any atom is 0.242 e. The summed E-state index contributed by atoms with van der Waals surface area (Å²) in [6, 6.07) is 1.84. The van der Waals surface area contributed by atoms with Gasteiger partial charge in [0.05, 0.1) is 11.6 Å². The highest BCUT2D eigenvalue weighted by Gasteiger charge is 2.44.